The van der Waals surface area contributed by atoms with Gasteiger partial charge < -0.3 is 14.2 Å². The Bertz CT molecular complexity index is 742. The molecule has 6 nitrogen and oxygen atoms in total. The molecule has 0 unspecified atom stereocenters. The monoisotopic (exact) mass is 356 g/mol. The molecule has 0 aliphatic rings. The van der Waals surface area contributed by atoms with E-state index in [1.807, 2.05) is 36.4 Å². The third-order valence-electron chi connectivity index (χ3n) is 3.74. The van der Waals surface area contributed by atoms with Crippen LogP contribution in [0, 0.1) is 13.8 Å². The Morgan fingerprint density at radius 2 is 1.65 bits per heavy atom. The Morgan fingerprint density at radius 3 is 2.31 bits per heavy atom. The summed E-state index contributed by atoms with van der Waals surface area (Å²) in [7, 11) is 1.28. The molecular weight excluding hydrogens is 332 g/mol. The van der Waals surface area contributed by atoms with Crippen molar-refractivity contribution in [2.75, 3.05) is 20.3 Å². The van der Waals surface area contributed by atoms with E-state index in [-0.39, 0.29) is 0 Å². The number of rotatable bonds is 8. The average Bonchev–Trinajstić information content (AvgIpc) is 2.65. The first kappa shape index (κ1) is 19.3. The molecule has 0 heterocycles. The van der Waals surface area contributed by atoms with Crippen molar-refractivity contribution in [2.45, 2.75) is 20.3 Å². The van der Waals surface area contributed by atoms with E-state index in [9.17, 15) is 4.79 Å². The van der Waals surface area contributed by atoms with Gasteiger partial charge in [0.15, 0.2) is 0 Å². The quantitative estimate of drug-likeness (QED) is 0.443. The van der Waals surface area contributed by atoms with E-state index >= 15 is 0 Å². The van der Waals surface area contributed by atoms with Crippen LogP contribution in [0.2, 0.25) is 0 Å². The first-order valence-corrected chi connectivity index (χ1v) is 8.38. The van der Waals surface area contributed by atoms with Crippen LogP contribution in [0.4, 0.5) is 4.79 Å². The number of hydrogen-bond donors (Lipinski definition) is 1. The lowest BCUT2D eigenvalue weighted by molar-refractivity contribution is 0.171. The van der Waals surface area contributed by atoms with E-state index in [0.29, 0.717) is 13.2 Å². The van der Waals surface area contributed by atoms with Crippen molar-refractivity contribution in [3.63, 3.8) is 0 Å². The fourth-order valence-corrected chi connectivity index (χ4v) is 2.10. The highest BCUT2D eigenvalue weighted by molar-refractivity contribution is 5.80. The molecule has 6 heteroatoms. The van der Waals surface area contributed by atoms with Gasteiger partial charge in [0.1, 0.15) is 11.5 Å². The molecule has 0 aromatic heterocycles. The van der Waals surface area contributed by atoms with Crippen LogP contribution >= 0.6 is 0 Å². The molecule has 0 bridgehead atoms. The summed E-state index contributed by atoms with van der Waals surface area (Å²) < 4.78 is 15.8. The van der Waals surface area contributed by atoms with Crippen LogP contribution in [-0.4, -0.2) is 32.6 Å². The molecule has 26 heavy (non-hydrogen) atoms. The Hall–Kier alpha value is -3.02. The third kappa shape index (κ3) is 6.47. The maximum absolute atomic E-state index is 10.9. The summed E-state index contributed by atoms with van der Waals surface area (Å²) in [4.78, 5) is 10.9. The second kappa shape index (κ2) is 10.1. The third-order valence-corrected chi connectivity index (χ3v) is 3.74. The number of hydrogen-bond acceptors (Lipinski definition) is 5. The predicted octanol–water partition coefficient (Wildman–Crippen LogP) is 3.84. The highest BCUT2D eigenvalue weighted by Gasteiger charge is 1.99. The topological polar surface area (TPSA) is 69.2 Å². The molecule has 1 amide bonds. The fraction of sp³-hybridized carbons (Fsp3) is 0.300. The van der Waals surface area contributed by atoms with Crippen molar-refractivity contribution in [1.82, 2.24) is 5.43 Å². The molecule has 2 aromatic rings. The van der Waals surface area contributed by atoms with Gasteiger partial charge in [-0.1, -0.05) is 6.07 Å². The van der Waals surface area contributed by atoms with Gasteiger partial charge in [0.25, 0.3) is 0 Å². The zero-order valence-electron chi connectivity index (χ0n) is 15.3. The lowest BCUT2D eigenvalue weighted by Crippen LogP contribution is -2.16. The Kier molecular flexibility index (Phi) is 7.49. The number of amides is 1. The molecule has 2 rings (SSSR count). The van der Waals surface area contributed by atoms with E-state index in [0.717, 1.165) is 23.5 Å². The summed E-state index contributed by atoms with van der Waals surface area (Å²) in [6.07, 6.45) is 1.71. The normalized spacial score (nSPS) is 10.6. The molecule has 0 atom stereocenters. The maximum atomic E-state index is 10.9. The number of carbonyl (C=O) groups is 1. The average molecular weight is 356 g/mol. The molecule has 0 aliphatic carbocycles. The van der Waals surface area contributed by atoms with E-state index in [2.05, 4.69) is 35.2 Å². The van der Waals surface area contributed by atoms with Gasteiger partial charge in [-0.15, -0.1) is 0 Å². The zero-order valence-corrected chi connectivity index (χ0v) is 15.3. The molecule has 0 saturated carbocycles. The summed E-state index contributed by atoms with van der Waals surface area (Å²) in [6.45, 7) is 5.33. The van der Waals surface area contributed by atoms with Gasteiger partial charge in [0.05, 0.1) is 26.5 Å². The molecule has 2 aromatic carbocycles. The molecule has 0 radical (unpaired) electrons. The second-order valence-corrected chi connectivity index (χ2v) is 5.73. The minimum atomic E-state index is -0.607. The van der Waals surface area contributed by atoms with Gasteiger partial charge in [-0.2, -0.15) is 5.10 Å². The van der Waals surface area contributed by atoms with E-state index in [1.54, 1.807) is 0 Å². The highest BCUT2D eigenvalue weighted by atomic mass is 16.5. The summed E-state index contributed by atoms with van der Waals surface area (Å²) in [5.74, 6) is 1.66. The van der Waals surface area contributed by atoms with Gasteiger partial charge in [0.2, 0.25) is 0 Å². The number of nitrogens with zero attached hydrogens (tertiary/aromatic N) is 1. The minimum Gasteiger partial charge on any atom is -0.493 e. The molecule has 138 valence electrons. The SMILES string of the molecule is COC(=O)N/N=C/c1ccc(OCCCOc2ccc(C)c(C)c2)cc1. The van der Waals surface area contributed by atoms with E-state index in [1.165, 1.54) is 24.5 Å². The van der Waals surface area contributed by atoms with Gasteiger partial charge in [0, 0.05) is 6.42 Å². The van der Waals surface area contributed by atoms with Gasteiger partial charge in [-0.3, -0.25) is 0 Å². The van der Waals surface area contributed by atoms with Gasteiger partial charge in [-0.25, -0.2) is 10.2 Å². The number of benzene rings is 2. The molecule has 0 spiro atoms. The van der Waals surface area contributed by atoms with Crippen molar-refractivity contribution in [1.29, 1.82) is 0 Å². The lowest BCUT2D eigenvalue weighted by atomic mass is 10.1. The number of carbonyl (C=O) groups excluding carboxylic acids is 1. The first-order chi connectivity index (χ1) is 12.6. The van der Waals surface area contributed by atoms with Crippen LogP contribution < -0.4 is 14.9 Å². The molecule has 0 saturated heterocycles. The zero-order chi connectivity index (χ0) is 18.8. The Balaban J connectivity index is 1.67. The minimum absolute atomic E-state index is 0.572. The number of aryl methyl sites for hydroxylation is 2. The van der Waals surface area contributed by atoms with E-state index in [4.69, 9.17) is 9.47 Å². The van der Waals surface area contributed by atoms with Crippen molar-refractivity contribution < 1.29 is 19.0 Å². The Labute approximate surface area is 153 Å². The van der Waals surface area contributed by atoms with Gasteiger partial charge >= 0.3 is 6.09 Å². The van der Waals surface area contributed by atoms with Crippen molar-refractivity contribution >= 4 is 12.3 Å². The van der Waals surface area contributed by atoms with Crippen molar-refractivity contribution in [2.24, 2.45) is 5.10 Å². The number of methoxy groups -OCH3 is 1. The van der Waals surface area contributed by atoms with Crippen molar-refractivity contribution in [3.05, 3.63) is 59.2 Å². The molecule has 0 fully saturated rings. The van der Waals surface area contributed by atoms with Crippen LogP contribution in [-0.2, 0) is 4.74 Å². The van der Waals surface area contributed by atoms with Crippen LogP contribution in [0.25, 0.3) is 0 Å². The largest absolute Gasteiger partial charge is 0.493 e. The molecule has 0 aliphatic heterocycles. The fourth-order valence-electron chi connectivity index (χ4n) is 2.10. The number of nitrogens with one attached hydrogen (secondary N) is 1. The lowest BCUT2D eigenvalue weighted by Gasteiger charge is -2.09. The van der Waals surface area contributed by atoms with Crippen LogP contribution in [0.1, 0.15) is 23.1 Å². The summed E-state index contributed by atoms with van der Waals surface area (Å²) in [5.41, 5.74) is 5.55. The second-order valence-electron chi connectivity index (χ2n) is 5.73. The molecule has 1 N–H and O–H groups in total. The van der Waals surface area contributed by atoms with Gasteiger partial charge in [-0.05, 0) is 66.9 Å². The highest BCUT2D eigenvalue weighted by Crippen LogP contribution is 2.16. The standard InChI is InChI=1S/C20H24N2O4/c1-15-5-8-19(13-16(15)2)26-12-4-11-25-18-9-6-17(7-10-18)14-21-22-20(23)24-3/h5-10,13-14H,4,11-12H2,1-3H3,(H,22,23)/b21-14+. The summed E-state index contributed by atoms with van der Waals surface area (Å²) in [6, 6.07) is 13.5. The Morgan fingerprint density at radius 1 is 1.00 bits per heavy atom. The summed E-state index contributed by atoms with van der Waals surface area (Å²) >= 11 is 0. The van der Waals surface area contributed by atoms with E-state index < -0.39 is 6.09 Å². The number of hydrazone groups is 1. The van der Waals surface area contributed by atoms with Crippen LogP contribution in [0.5, 0.6) is 11.5 Å². The smallest absolute Gasteiger partial charge is 0.427 e. The maximum Gasteiger partial charge on any atom is 0.427 e. The molecular formula is C20H24N2O4. The first-order valence-electron chi connectivity index (χ1n) is 8.38. The van der Waals surface area contributed by atoms with Crippen LogP contribution in [0.15, 0.2) is 47.6 Å². The predicted molar refractivity (Wildman–Crippen MR) is 101 cm³/mol. The number of ether oxygens (including phenoxy) is 3. The van der Waals surface area contributed by atoms with Crippen LogP contribution in [0.3, 0.4) is 0 Å². The summed E-state index contributed by atoms with van der Waals surface area (Å²) in [5, 5.41) is 3.76. The van der Waals surface area contributed by atoms with Crippen molar-refractivity contribution in [3.8, 4) is 11.5 Å².